The molecule has 1 unspecified atom stereocenters. The van der Waals surface area contributed by atoms with Crippen molar-refractivity contribution in [1.29, 1.82) is 0 Å². The number of amides is 2. The Labute approximate surface area is 157 Å². The SMILES string of the molecule is Cc1ccc2c(c1)C(O)N(Cc1ccc(F)cc1)C(=O)N2c1ccccc1. The van der Waals surface area contributed by atoms with Crippen LogP contribution < -0.4 is 4.90 Å². The molecule has 1 aliphatic heterocycles. The molecule has 0 saturated heterocycles. The monoisotopic (exact) mass is 362 g/mol. The van der Waals surface area contributed by atoms with Gasteiger partial charge in [0.2, 0.25) is 0 Å². The summed E-state index contributed by atoms with van der Waals surface area (Å²) in [7, 11) is 0. The summed E-state index contributed by atoms with van der Waals surface area (Å²) in [5.41, 5.74) is 3.80. The third-order valence-electron chi connectivity index (χ3n) is 4.71. The molecular weight excluding hydrogens is 343 g/mol. The molecule has 1 aliphatic rings. The van der Waals surface area contributed by atoms with Crippen molar-refractivity contribution in [2.75, 3.05) is 4.90 Å². The molecule has 5 heteroatoms. The van der Waals surface area contributed by atoms with Gasteiger partial charge in [-0.2, -0.15) is 0 Å². The number of aryl methyl sites for hydroxylation is 1. The van der Waals surface area contributed by atoms with E-state index in [4.69, 9.17) is 0 Å². The highest BCUT2D eigenvalue weighted by atomic mass is 19.1. The van der Waals surface area contributed by atoms with E-state index in [-0.39, 0.29) is 18.4 Å². The van der Waals surface area contributed by atoms with Gasteiger partial charge in [0.1, 0.15) is 5.82 Å². The molecular formula is C22H19FN2O2. The summed E-state index contributed by atoms with van der Waals surface area (Å²) >= 11 is 0. The predicted molar refractivity (Wildman–Crippen MR) is 102 cm³/mol. The van der Waals surface area contributed by atoms with Crippen LogP contribution in [0.4, 0.5) is 20.6 Å². The predicted octanol–water partition coefficient (Wildman–Crippen LogP) is 4.90. The second-order valence-electron chi connectivity index (χ2n) is 6.64. The number of benzene rings is 3. The summed E-state index contributed by atoms with van der Waals surface area (Å²) in [5, 5.41) is 10.9. The lowest BCUT2D eigenvalue weighted by Crippen LogP contribution is -2.47. The van der Waals surface area contributed by atoms with E-state index in [1.165, 1.54) is 17.0 Å². The zero-order valence-electron chi connectivity index (χ0n) is 14.8. The van der Waals surface area contributed by atoms with Crippen molar-refractivity contribution in [3.05, 3.63) is 95.3 Å². The average molecular weight is 362 g/mol. The third kappa shape index (κ3) is 3.17. The maximum atomic E-state index is 13.3. The summed E-state index contributed by atoms with van der Waals surface area (Å²) in [6.07, 6.45) is -1.07. The highest BCUT2D eigenvalue weighted by molar-refractivity contribution is 6.02. The number of anilines is 2. The first kappa shape index (κ1) is 17.2. The Morgan fingerprint density at radius 3 is 2.41 bits per heavy atom. The molecule has 3 aromatic carbocycles. The van der Waals surface area contributed by atoms with E-state index >= 15 is 0 Å². The number of aliphatic hydroxyl groups is 1. The van der Waals surface area contributed by atoms with Gasteiger partial charge in [-0.05, 0) is 48.9 Å². The molecule has 27 heavy (non-hydrogen) atoms. The number of halogens is 1. The van der Waals surface area contributed by atoms with Crippen LogP contribution in [0.1, 0.15) is 22.9 Å². The Morgan fingerprint density at radius 2 is 1.70 bits per heavy atom. The Balaban J connectivity index is 1.79. The lowest BCUT2D eigenvalue weighted by molar-refractivity contribution is 0.0237. The third-order valence-corrected chi connectivity index (χ3v) is 4.71. The number of rotatable bonds is 3. The minimum atomic E-state index is -1.07. The van der Waals surface area contributed by atoms with Crippen LogP contribution in [0.25, 0.3) is 0 Å². The van der Waals surface area contributed by atoms with Gasteiger partial charge in [-0.25, -0.2) is 9.18 Å². The Kier molecular flexibility index (Phi) is 4.38. The van der Waals surface area contributed by atoms with Gasteiger partial charge in [0.25, 0.3) is 0 Å². The number of fused-ring (bicyclic) bond motifs is 1. The second-order valence-corrected chi connectivity index (χ2v) is 6.64. The van der Waals surface area contributed by atoms with Crippen LogP contribution in [0.2, 0.25) is 0 Å². The van der Waals surface area contributed by atoms with Crippen LogP contribution in [0, 0.1) is 12.7 Å². The van der Waals surface area contributed by atoms with E-state index in [1.807, 2.05) is 55.5 Å². The highest BCUT2D eigenvalue weighted by Gasteiger charge is 2.37. The van der Waals surface area contributed by atoms with E-state index < -0.39 is 6.23 Å². The topological polar surface area (TPSA) is 43.8 Å². The highest BCUT2D eigenvalue weighted by Crippen LogP contribution is 2.40. The summed E-state index contributed by atoms with van der Waals surface area (Å²) in [6, 6.07) is 20.6. The van der Waals surface area contributed by atoms with Gasteiger partial charge in [-0.1, -0.05) is 42.0 Å². The molecule has 1 N–H and O–H groups in total. The van der Waals surface area contributed by atoms with Crippen LogP contribution >= 0.6 is 0 Å². The van der Waals surface area contributed by atoms with Gasteiger partial charge in [-0.15, -0.1) is 0 Å². The zero-order chi connectivity index (χ0) is 19.0. The Bertz CT molecular complexity index is 973. The molecule has 1 atom stereocenters. The molecule has 0 fully saturated rings. The fourth-order valence-electron chi connectivity index (χ4n) is 3.36. The van der Waals surface area contributed by atoms with Crippen molar-refractivity contribution in [2.45, 2.75) is 19.7 Å². The van der Waals surface area contributed by atoms with E-state index in [0.29, 0.717) is 11.3 Å². The van der Waals surface area contributed by atoms with Crippen LogP contribution in [-0.4, -0.2) is 16.0 Å². The molecule has 136 valence electrons. The second kappa shape index (κ2) is 6.85. The first-order valence-electron chi connectivity index (χ1n) is 8.73. The fourth-order valence-corrected chi connectivity index (χ4v) is 3.36. The van der Waals surface area contributed by atoms with Crippen molar-refractivity contribution < 1.29 is 14.3 Å². The van der Waals surface area contributed by atoms with Crippen molar-refractivity contribution in [3.63, 3.8) is 0 Å². The largest absolute Gasteiger partial charge is 0.369 e. The number of hydrogen-bond donors (Lipinski definition) is 1. The van der Waals surface area contributed by atoms with E-state index in [1.54, 1.807) is 17.0 Å². The molecule has 0 aromatic heterocycles. The lowest BCUT2D eigenvalue weighted by Gasteiger charge is -2.40. The molecule has 3 aromatic rings. The minimum absolute atomic E-state index is 0.178. The van der Waals surface area contributed by atoms with Crippen LogP contribution in [0.5, 0.6) is 0 Å². The van der Waals surface area contributed by atoms with Crippen LogP contribution in [0.3, 0.4) is 0 Å². The van der Waals surface area contributed by atoms with E-state index in [0.717, 1.165) is 16.8 Å². The quantitative estimate of drug-likeness (QED) is 0.720. The Hall–Kier alpha value is -3.18. The van der Waals surface area contributed by atoms with Gasteiger partial charge in [0.05, 0.1) is 17.9 Å². The van der Waals surface area contributed by atoms with Crippen molar-refractivity contribution >= 4 is 17.4 Å². The first-order chi connectivity index (χ1) is 13.0. The number of urea groups is 1. The number of aliphatic hydroxyl groups excluding tert-OH is 1. The lowest BCUT2D eigenvalue weighted by atomic mass is 10.0. The molecule has 2 amide bonds. The smallest absolute Gasteiger partial charge is 0.331 e. The van der Waals surface area contributed by atoms with Gasteiger partial charge in [0, 0.05) is 5.56 Å². The molecule has 0 radical (unpaired) electrons. The summed E-state index contributed by atoms with van der Waals surface area (Å²) < 4.78 is 13.2. The first-order valence-corrected chi connectivity index (χ1v) is 8.73. The molecule has 0 saturated carbocycles. The van der Waals surface area contributed by atoms with Gasteiger partial charge in [0.15, 0.2) is 6.23 Å². The standard InChI is InChI=1S/C22H19FN2O2/c1-15-7-12-20-19(13-15)21(26)24(14-16-8-10-17(23)11-9-16)22(27)25(20)18-5-3-2-4-6-18/h2-13,21,26H,14H2,1H3. The molecule has 1 heterocycles. The summed E-state index contributed by atoms with van der Waals surface area (Å²) in [5.74, 6) is -0.337. The number of hydrogen-bond acceptors (Lipinski definition) is 2. The Morgan fingerprint density at radius 1 is 1.00 bits per heavy atom. The molecule has 0 aliphatic carbocycles. The van der Waals surface area contributed by atoms with Crippen molar-refractivity contribution in [3.8, 4) is 0 Å². The van der Waals surface area contributed by atoms with Crippen LogP contribution in [-0.2, 0) is 6.54 Å². The van der Waals surface area contributed by atoms with Gasteiger partial charge < -0.3 is 5.11 Å². The normalized spacial score (nSPS) is 16.4. The zero-order valence-corrected chi connectivity index (χ0v) is 14.8. The molecule has 0 spiro atoms. The van der Waals surface area contributed by atoms with Crippen LogP contribution in [0.15, 0.2) is 72.8 Å². The molecule has 0 bridgehead atoms. The van der Waals surface area contributed by atoms with Crippen molar-refractivity contribution in [1.82, 2.24) is 4.90 Å². The average Bonchev–Trinajstić information content (AvgIpc) is 2.68. The molecule has 4 nitrogen and oxygen atoms in total. The van der Waals surface area contributed by atoms with Gasteiger partial charge in [-0.3, -0.25) is 9.80 Å². The number of nitrogens with zero attached hydrogens (tertiary/aromatic N) is 2. The fraction of sp³-hybridized carbons (Fsp3) is 0.136. The van der Waals surface area contributed by atoms with E-state index in [9.17, 15) is 14.3 Å². The number of carbonyl (C=O) groups excluding carboxylic acids is 1. The van der Waals surface area contributed by atoms with Gasteiger partial charge >= 0.3 is 6.03 Å². The minimum Gasteiger partial charge on any atom is -0.369 e. The number of para-hydroxylation sites is 1. The number of carbonyl (C=O) groups is 1. The maximum Gasteiger partial charge on any atom is 0.331 e. The summed E-state index contributed by atoms with van der Waals surface area (Å²) in [4.78, 5) is 16.3. The van der Waals surface area contributed by atoms with E-state index in [2.05, 4.69) is 0 Å². The summed E-state index contributed by atoms with van der Waals surface area (Å²) in [6.45, 7) is 2.12. The van der Waals surface area contributed by atoms with Crippen molar-refractivity contribution in [2.24, 2.45) is 0 Å². The maximum absolute atomic E-state index is 13.3. The molecule has 4 rings (SSSR count).